The van der Waals surface area contributed by atoms with Gasteiger partial charge in [-0.15, -0.1) is 0 Å². The number of esters is 1. The van der Waals surface area contributed by atoms with E-state index in [2.05, 4.69) is 6.92 Å². The molecule has 0 radical (unpaired) electrons. The summed E-state index contributed by atoms with van der Waals surface area (Å²) in [6.45, 7) is 8.30. The van der Waals surface area contributed by atoms with Gasteiger partial charge in [0, 0.05) is 0 Å². The second-order valence-corrected chi connectivity index (χ2v) is 3.46. The first-order valence-electron chi connectivity index (χ1n) is 4.81. The first-order valence-corrected chi connectivity index (χ1v) is 4.81. The summed E-state index contributed by atoms with van der Waals surface area (Å²) in [5.41, 5.74) is 4.15. The standard InChI is InChI=1S/C12H16O2/c1-5-14-12(13)11-6-8(2)10(4)9(3)7-11/h6-7H,5H2,1-4H3. The second kappa shape index (κ2) is 4.27. The van der Waals surface area contributed by atoms with E-state index >= 15 is 0 Å². The van der Waals surface area contributed by atoms with Crippen molar-refractivity contribution in [3.63, 3.8) is 0 Å². The maximum atomic E-state index is 11.4. The molecule has 2 nitrogen and oxygen atoms in total. The first-order chi connectivity index (χ1) is 6.56. The Bertz CT molecular complexity index is 330. The number of ether oxygens (including phenoxy) is 1. The highest BCUT2D eigenvalue weighted by molar-refractivity contribution is 5.90. The zero-order chi connectivity index (χ0) is 10.7. The Morgan fingerprint density at radius 3 is 2.14 bits per heavy atom. The Hall–Kier alpha value is -1.31. The lowest BCUT2D eigenvalue weighted by atomic mass is 10.0. The number of carbonyl (C=O) groups is 1. The molecule has 1 aromatic carbocycles. The molecule has 0 unspecified atom stereocenters. The summed E-state index contributed by atoms with van der Waals surface area (Å²) in [5.74, 6) is -0.237. The Balaban J connectivity index is 3.06. The van der Waals surface area contributed by atoms with Gasteiger partial charge in [-0.2, -0.15) is 0 Å². The molecule has 0 aliphatic carbocycles. The van der Waals surface area contributed by atoms with Crippen LogP contribution in [0.2, 0.25) is 0 Å². The molecule has 0 amide bonds. The minimum atomic E-state index is -0.237. The quantitative estimate of drug-likeness (QED) is 0.673. The van der Waals surface area contributed by atoms with Gasteiger partial charge in [-0.05, 0) is 56.5 Å². The van der Waals surface area contributed by atoms with Crippen LogP contribution in [0, 0.1) is 20.8 Å². The number of hydrogen-bond donors (Lipinski definition) is 0. The number of benzene rings is 1. The van der Waals surface area contributed by atoms with Crippen molar-refractivity contribution >= 4 is 5.97 Å². The van der Waals surface area contributed by atoms with Crippen LogP contribution in [-0.4, -0.2) is 12.6 Å². The van der Waals surface area contributed by atoms with Crippen LogP contribution in [-0.2, 0) is 4.74 Å². The largest absolute Gasteiger partial charge is 0.462 e. The Morgan fingerprint density at radius 1 is 1.21 bits per heavy atom. The first kappa shape index (κ1) is 10.8. The van der Waals surface area contributed by atoms with Crippen molar-refractivity contribution in [3.05, 3.63) is 34.4 Å². The van der Waals surface area contributed by atoms with E-state index in [1.807, 2.05) is 32.9 Å². The van der Waals surface area contributed by atoms with E-state index in [-0.39, 0.29) is 5.97 Å². The summed E-state index contributed by atoms with van der Waals surface area (Å²) < 4.78 is 4.94. The molecule has 0 heterocycles. The van der Waals surface area contributed by atoms with Crippen molar-refractivity contribution in [2.45, 2.75) is 27.7 Å². The van der Waals surface area contributed by atoms with Crippen molar-refractivity contribution in [2.75, 3.05) is 6.61 Å². The lowest BCUT2D eigenvalue weighted by molar-refractivity contribution is 0.0526. The molecule has 1 rings (SSSR count). The van der Waals surface area contributed by atoms with Crippen molar-refractivity contribution < 1.29 is 9.53 Å². The molecule has 1 aromatic rings. The minimum absolute atomic E-state index is 0.237. The molecule has 0 fully saturated rings. The van der Waals surface area contributed by atoms with Gasteiger partial charge in [0.15, 0.2) is 0 Å². The summed E-state index contributed by atoms with van der Waals surface area (Å²) in [4.78, 5) is 11.4. The number of aryl methyl sites for hydroxylation is 2. The van der Waals surface area contributed by atoms with E-state index < -0.39 is 0 Å². The van der Waals surface area contributed by atoms with Gasteiger partial charge < -0.3 is 4.74 Å². The predicted molar refractivity (Wildman–Crippen MR) is 56.6 cm³/mol. The average molecular weight is 192 g/mol. The van der Waals surface area contributed by atoms with Crippen LogP contribution in [0.25, 0.3) is 0 Å². The number of rotatable bonds is 2. The van der Waals surface area contributed by atoms with Gasteiger partial charge in [-0.1, -0.05) is 0 Å². The van der Waals surface area contributed by atoms with Gasteiger partial charge in [0.1, 0.15) is 0 Å². The normalized spacial score (nSPS) is 10.0. The van der Waals surface area contributed by atoms with Gasteiger partial charge in [0.2, 0.25) is 0 Å². The second-order valence-electron chi connectivity index (χ2n) is 3.46. The lowest BCUT2D eigenvalue weighted by Crippen LogP contribution is -2.06. The predicted octanol–water partition coefficient (Wildman–Crippen LogP) is 2.79. The molecule has 0 spiro atoms. The smallest absolute Gasteiger partial charge is 0.338 e. The van der Waals surface area contributed by atoms with E-state index in [0.717, 1.165) is 11.1 Å². The van der Waals surface area contributed by atoms with Crippen LogP contribution in [0.1, 0.15) is 34.0 Å². The minimum Gasteiger partial charge on any atom is -0.462 e. The van der Waals surface area contributed by atoms with Crippen LogP contribution >= 0.6 is 0 Å². The van der Waals surface area contributed by atoms with Gasteiger partial charge in [0.25, 0.3) is 0 Å². The summed E-state index contributed by atoms with van der Waals surface area (Å²) in [5, 5.41) is 0. The van der Waals surface area contributed by atoms with E-state index in [1.54, 1.807) is 0 Å². The van der Waals surface area contributed by atoms with Crippen LogP contribution in [0.4, 0.5) is 0 Å². The van der Waals surface area contributed by atoms with Crippen LogP contribution in [0.15, 0.2) is 12.1 Å². The summed E-state index contributed by atoms with van der Waals surface area (Å²) in [6.07, 6.45) is 0. The molecule has 14 heavy (non-hydrogen) atoms. The van der Waals surface area contributed by atoms with Crippen LogP contribution in [0.5, 0.6) is 0 Å². The fraction of sp³-hybridized carbons (Fsp3) is 0.417. The highest BCUT2D eigenvalue weighted by atomic mass is 16.5. The molecule has 0 aliphatic heterocycles. The summed E-state index contributed by atoms with van der Waals surface area (Å²) in [6, 6.07) is 3.75. The molecule has 0 saturated carbocycles. The van der Waals surface area contributed by atoms with Gasteiger partial charge >= 0.3 is 5.97 Å². The fourth-order valence-electron chi connectivity index (χ4n) is 1.37. The molecule has 0 saturated heterocycles. The molecule has 0 aromatic heterocycles. The number of carbonyl (C=O) groups excluding carboxylic acids is 1. The molecular formula is C12H16O2. The highest BCUT2D eigenvalue weighted by Crippen LogP contribution is 2.15. The summed E-state index contributed by atoms with van der Waals surface area (Å²) >= 11 is 0. The number of hydrogen-bond acceptors (Lipinski definition) is 2. The van der Waals surface area contributed by atoms with Crippen molar-refractivity contribution in [2.24, 2.45) is 0 Å². The van der Waals surface area contributed by atoms with Gasteiger partial charge in [0.05, 0.1) is 12.2 Å². The van der Waals surface area contributed by atoms with Crippen LogP contribution < -0.4 is 0 Å². The Kier molecular flexibility index (Phi) is 3.28. The van der Waals surface area contributed by atoms with E-state index in [0.29, 0.717) is 12.2 Å². The fourth-order valence-corrected chi connectivity index (χ4v) is 1.37. The van der Waals surface area contributed by atoms with Crippen molar-refractivity contribution in [1.82, 2.24) is 0 Å². The van der Waals surface area contributed by atoms with E-state index in [9.17, 15) is 4.79 Å². The SMILES string of the molecule is CCOC(=O)c1cc(C)c(C)c(C)c1. The molecule has 0 atom stereocenters. The van der Waals surface area contributed by atoms with Crippen molar-refractivity contribution in [3.8, 4) is 0 Å². The Morgan fingerprint density at radius 2 is 1.71 bits per heavy atom. The maximum Gasteiger partial charge on any atom is 0.338 e. The molecule has 76 valence electrons. The molecule has 0 aliphatic rings. The molecule has 0 bridgehead atoms. The maximum absolute atomic E-state index is 11.4. The van der Waals surface area contributed by atoms with E-state index in [4.69, 9.17) is 4.74 Å². The van der Waals surface area contributed by atoms with Crippen LogP contribution in [0.3, 0.4) is 0 Å². The zero-order valence-electron chi connectivity index (χ0n) is 9.18. The highest BCUT2D eigenvalue weighted by Gasteiger charge is 2.08. The third-order valence-electron chi connectivity index (χ3n) is 2.44. The lowest BCUT2D eigenvalue weighted by Gasteiger charge is -2.08. The molecule has 0 N–H and O–H groups in total. The molecule has 2 heteroatoms. The third kappa shape index (κ3) is 2.13. The van der Waals surface area contributed by atoms with Crippen molar-refractivity contribution in [1.29, 1.82) is 0 Å². The monoisotopic (exact) mass is 192 g/mol. The summed E-state index contributed by atoms with van der Waals surface area (Å²) in [7, 11) is 0. The van der Waals surface area contributed by atoms with E-state index in [1.165, 1.54) is 5.56 Å². The third-order valence-corrected chi connectivity index (χ3v) is 2.44. The topological polar surface area (TPSA) is 26.3 Å². The van der Waals surface area contributed by atoms with Gasteiger partial charge in [-0.3, -0.25) is 0 Å². The Labute approximate surface area is 84.9 Å². The molecular weight excluding hydrogens is 176 g/mol. The average Bonchev–Trinajstić information content (AvgIpc) is 2.13. The zero-order valence-corrected chi connectivity index (χ0v) is 9.18. The van der Waals surface area contributed by atoms with Gasteiger partial charge in [-0.25, -0.2) is 4.79 Å².